The molecular formula is C13H16BrNO2. The van der Waals surface area contributed by atoms with Crippen molar-refractivity contribution < 1.29 is 9.90 Å². The van der Waals surface area contributed by atoms with Crippen LogP contribution in [0.15, 0.2) is 22.7 Å². The van der Waals surface area contributed by atoms with Gasteiger partial charge in [-0.05, 0) is 51.9 Å². The minimum atomic E-state index is -0.910. The molecule has 1 unspecified atom stereocenters. The van der Waals surface area contributed by atoms with Crippen LogP contribution in [0.5, 0.6) is 0 Å². The lowest BCUT2D eigenvalue weighted by molar-refractivity contribution is 0.0696. The molecule has 4 heteroatoms. The molecule has 0 saturated heterocycles. The zero-order chi connectivity index (χ0) is 12.6. The molecule has 2 N–H and O–H groups in total. The summed E-state index contributed by atoms with van der Waals surface area (Å²) in [6, 6.07) is 5.25. The summed E-state index contributed by atoms with van der Waals surface area (Å²) in [6.45, 7) is 5.48. The first-order valence-electron chi connectivity index (χ1n) is 5.67. The van der Waals surface area contributed by atoms with Gasteiger partial charge in [0.2, 0.25) is 0 Å². The Labute approximate surface area is 109 Å². The van der Waals surface area contributed by atoms with Gasteiger partial charge in [0.15, 0.2) is 0 Å². The van der Waals surface area contributed by atoms with E-state index < -0.39 is 5.97 Å². The van der Waals surface area contributed by atoms with Gasteiger partial charge >= 0.3 is 5.97 Å². The predicted octanol–water partition coefficient (Wildman–Crippen LogP) is 3.61. The summed E-state index contributed by atoms with van der Waals surface area (Å²) >= 11 is 3.27. The van der Waals surface area contributed by atoms with Gasteiger partial charge in [-0.15, -0.1) is 0 Å². The summed E-state index contributed by atoms with van der Waals surface area (Å²) in [6.07, 6.45) is 1.26. The van der Waals surface area contributed by atoms with Gasteiger partial charge in [-0.25, -0.2) is 4.79 Å². The summed E-state index contributed by atoms with van der Waals surface area (Å²) in [5, 5.41) is 12.2. The van der Waals surface area contributed by atoms with Crippen LogP contribution < -0.4 is 5.32 Å². The average Bonchev–Trinajstić information content (AvgIpc) is 2.83. The van der Waals surface area contributed by atoms with Crippen molar-refractivity contribution in [2.24, 2.45) is 11.3 Å². The summed E-state index contributed by atoms with van der Waals surface area (Å²) in [4.78, 5) is 10.8. The molecule has 1 aliphatic carbocycles. The molecule has 2 rings (SSSR count). The molecule has 0 heterocycles. The fourth-order valence-corrected chi connectivity index (χ4v) is 2.51. The van der Waals surface area contributed by atoms with Crippen molar-refractivity contribution in [2.45, 2.75) is 20.3 Å². The molecule has 1 fully saturated rings. The van der Waals surface area contributed by atoms with Crippen molar-refractivity contribution in [1.82, 2.24) is 0 Å². The molecule has 1 aromatic rings. The van der Waals surface area contributed by atoms with E-state index in [-0.39, 0.29) is 0 Å². The molecule has 0 aromatic heterocycles. The maximum absolute atomic E-state index is 10.8. The minimum Gasteiger partial charge on any atom is -0.478 e. The number of benzene rings is 1. The molecule has 1 atom stereocenters. The van der Waals surface area contributed by atoms with Gasteiger partial charge < -0.3 is 10.4 Å². The van der Waals surface area contributed by atoms with Gasteiger partial charge in [0.25, 0.3) is 0 Å². The molecule has 0 bridgehead atoms. The van der Waals surface area contributed by atoms with Crippen LogP contribution in [0.3, 0.4) is 0 Å². The molecule has 1 aliphatic rings. The first kappa shape index (κ1) is 12.4. The van der Waals surface area contributed by atoms with E-state index in [1.807, 2.05) is 12.1 Å². The molecule has 92 valence electrons. The van der Waals surface area contributed by atoms with E-state index in [2.05, 4.69) is 35.1 Å². The van der Waals surface area contributed by atoms with Crippen LogP contribution in [0.25, 0.3) is 0 Å². The molecule has 0 radical (unpaired) electrons. The van der Waals surface area contributed by atoms with Gasteiger partial charge in [0, 0.05) is 16.7 Å². The third-order valence-electron chi connectivity index (χ3n) is 3.47. The molecule has 0 aliphatic heterocycles. The van der Waals surface area contributed by atoms with E-state index in [4.69, 9.17) is 5.11 Å². The van der Waals surface area contributed by atoms with Gasteiger partial charge in [0.05, 0.1) is 5.56 Å². The number of hydrogen-bond donors (Lipinski definition) is 2. The summed E-state index contributed by atoms with van der Waals surface area (Å²) in [5.41, 5.74) is 1.72. The molecule has 0 amide bonds. The number of rotatable bonds is 4. The molecule has 17 heavy (non-hydrogen) atoms. The topological polar surface area (TPSA) is 49.3 Å². The standard InChI is InChI=1S/C13H16BrNO2/c1-13(2)6-8(13)7-15-9-3-4-10(12(16)17)11(14)5-9/h3-5,8,15H,6-7H2,1-2H3,(H,16,17). The summed E-state index contributed by atoms with van der Waals surface area (Å²) in [5.74, 6) is -0.188. The zero-order valence-corrected chi connectivity index (χ0v) is 11.5. The Kier molecular flexibility index (Phi) is 3.17. The Bertz CT molecular complexity index is 457. The second-order valence-corrected chi connectivity index (χ2v) is 6.12. The number of nitrogens with one attached hydrogen (secondary N) is 1. The number of carbonyl (C=O) groups is 1. The van der Waals surface area contributed by atoms with Crippen LogP contribution in [0, 0.1) is 11.3 Å². The van der Waals surface area contributed by atoms with Crippen LogP contribution in [0.1, 0.15) is 30.6 Å². The summed E-state index contributed by atoms with van der Waals surface area (Å²) < 4.78 is 0.616. The number of anilines is 1. The highest BCUT2D eigenvalue weighted by atomic mass is 79.9. The first-order valence-corrected chi connectivity index (χ1v) is 6.46. The normalized spacial score (nSPS) is 21.0. The fraction of sp³-hybridized carbons (Fsp3) is 0.462. The number of carboxylic acids is 1. The van der Waals surface area contributed by atoms with Crippen LogP contribution in [-0.4, -0.2) is 17.6 Å². The molecule has 0 spiro atoms. The smallest absolute Gasteiger partial charge is 0.336 e. The van der Waals surface area contributed by atoms with Crippen molar-refractivity contribution in [3.05, 3.63) is 28.2 Å². The Hall–Kier alpha value is -1.03. The van der Waals surface area contributed by atoms with Crippen LogP contribution >= 0.6 is 15.9 Å². The quantitative estimate of drug-likeness (QED) is 0.893. The van der Waals surface area contributed by atoms with E-state index in [1.54, 1.807) is 6.07 Å². The zero-order valence-electron chi connectivity index (χ0n) is 9.96. The van der Waals surface area contributed by atoms with Gasteiger partial charge in [0.1, 0.15) is 0 Å². The molecule has 3 nitrogen and oxygen atoms in total. The van der Waals surface area contributed by atoms with Gasteiger partial charge in [-0.1, -0.05) is 13.8 Å². The van der Waals surface area contributed by atoms with Crippen molar-refractivity contribution in [1.29, 1.82) is 0 Å². The van der Waals surface area contributed by atoms with Gasteiger partial charge in [-0.2, -0.15) is 0 Å². The van der Waals surface area contributed by atoms with E-state index in [0.717, 1.165) is 18.2 Å². The number of aromatic carboxylic acids is 1. The monoisotopic (exact) mass is 297 g/mol. The lowest BCUT2D eigenvalue weighted by Crippen LogP contribution is -2.07. The van der Waals surface area contributed by atoms with Crippen LogP contribution in [0.4, 0.5) is 5.69 Å². The second kappa shape index (κ2) is 4.33. The van der Waals surface area contributed by atoms with Crippen LogP contribution in [0.2, 0.25) is 0 Å². The predicted molar refractivity (Wildman–Crippen MR) is 71.5 cm³/mol. The molecule has 1 saturated carbocycles. The fourth-order valence-electron chi connectivity index (χ4n) is 1.96. The van der Waals surface area contributed by atoms with E-state index in [1.165, 1.54) is 6.42 Å². The largest absolute Gasteiger partial charge is 0.478 e. The van der Waals surface area contributed by atoms with Crippen LogP contribution in [-0.2, 0) is 0 Å². The van der Waals surface area contributed by atoms with E-state index in [0.29, 0.717) is 15.5 Å². The second-order valence-electron chi connectivity index (χ2n) is 5.27. The minimum absolute atomic E-state index is 0.294. The SMILES string of the molecule is CC1(C)CC1CNc1ccc(C(=O)O)c(Br)c1. The van der Waals surface area contributed by atoms with E-state index in [9.17, 15) is 4.79 Å². The van der Waals surface area contributed by atoms with Gasteiger partial charge in [-0.3, -0.25) is 0 Å². The highest BCUT2D eigenvalue weighted by Gasteiger charge is 2.44. The number of hydrogen-bond acceptors (Lipinski definition) is 2. The lowest BCUT2D eigenvalue weighted by Gasteiger charge is -2.09. The summed E-state index contributed by atoms with van der Waals surface area (Å²) in [7, 11) is 0. The Balaban J connectivity index is 1.98. The van der Waals surface area contributed by atoms with Crippen molar-refractivity contribution in [3.63, 3.8) is 0 Å². The average molecular weight is 298 g/mol. The molecular weight excluding hydrogens is 282 g/mol. The Morgan fingerprint density at radius 2 is 2.24 bits per heavy atom. The number of halogens is 1. The van der Waals surface area contributed by atoms with E-state index >= 15 is 0 Å². The lowest BCUT2D eigenvalue weighted by atomic mass is 10.1. The van der Waals surface area contributed by atoms with Crippen molar-refractivity contribution >= 4 is 27.6 Å². The highest BCUT2D eigenvalue weighted by Crippen LogP contribution is 2.51. The van der Waals surface area contributed by atoms with Crippen molar-refractivity contribution in [2.75, 3.05) is 11.9 Å². The third kappa shape index (κ3) is 2.80. The third-order valence-corrected chi connectivity index (χ3v) is 4.13. The highest BCUT2D eigenvalue weighted by molar-refractivity contribution is 9.10. The Morgan fingerprint density at radius 1 is 1.59 bits per heavy atom. The first-order chi connectivity index (χ1) is 7.90. The molecule has 1 aromatic carbocycles. The maximum Gasteiger partial charge on any atom is 0.336 e. The van der Waals surface area contributed by atoms with Crippen molar-refractivity contribution in [3.8, 4) is 0 Å². The maximum atomic E-state index is 10.8. The Morgan fingerprint density at radius 3 is 2.71 bits per heavy atom. The number of carboxylic acid groups (broad SMARTS) is 1.